The summed E-state index contributed by atoms with van der Waals surface area (Å²) < 4.78 is 21.2. The van der Waals surface area contributed by atoms with Gasteiger partial charge in [-0.25, -0.2) is 9.07 Å². The zero-order valence-corrected chi connectivity index (χ0v) is 15.8. The van der Waals surface area contributed by atoms with Crippen LogP contribution in [0, 0.1) is 12.7 Å². The van der Waals surface area contributed by atoms with Crippen molar-refractivity contribution in [2.45, 2.75) is 26.0 Å². The molecule has 0 aliphatic heterocycles. The highest BCUT2D eigenvalue weighted by Crippen LogP contribution is 2.28. The van der Waals surface area contributed by atoms with Crippen molar-refractivity contribution in [3.8, 4) is 11.4 Å². The van der Waals surface area contributed by atoms with Crippen LogP contribution in [0.2, 0.25) is 0 Å². The number of nitrogens with zero attached hydrogens (tertiary/aromatic N) is 2. The molecule has 3 aromatic carbocycles. The maximum absolute atomic E-state index is 13.2. The summed E-state index contributed by atoms with van der Waals surface area (Å²) in [6.07, 6.45) is 1.53. The molecule has 2 atom stereocenters. The average Bonchev–Trinajstić information content (AvgIpc) is 3.09. The van der Waals surface area contributed by atoms with Crippen LogP contribution in [0.3, 0.4) is 0 Å². The van der Waals surface area contributed by atoms with Gasteiger partial charge in [0.1, 0.15) is 17.7 Å². The number of halogens is 1. The van der Waals surface area contributed by atoms with Gasteiger partial charge in [-0.2, -0.15) is 5.10 Å². The molecule has 1 heterocycles. The molecule has 0 aliphatic rings. The number of hydrogen-bond donors (Lipinski definition) is 1. The van der Waals surface area contributed by atoms with Crippen molar-refractivity contribution in [1.82, 2.24) is 9.78 Å². The van der Waals surface area contributed by atoms with Crippen LogP contribution in [-0.4, -0.2) is 15.8 Å². The first-order valence-corrected chi connectivity index (χ1v) is 9.24. The Morgan fingerprint density at radius 3 is 2.54 bits per heavy atom. The second-order valence-electron chi connectivity index (χ2n) is 7.07. The van der Waals surface area contributed by atoms with Crippen LogP contribution in [0.4, 0.5) is 4.39 Å². The first-order chi connectivity index (χ1) is 13.5. The first kappa shape index (κ1) is 18.2. The molecular weight excluding hydrogens is 353 g/mol. The monoisotopic (exact) mass is 375 g/mol. The molecule has 0 spiro atoms. The quantitative estimate of drug-likeness (QED) is 0.537. The van der Waals surface area contributed by atoms with Crippen molar-refractivity contribution in [3.05, 3.63) is 89.9 Å². The number of hydrogen-bond acceptors (Lipinski definition) is 3. The molecule has 0 saturated carbocycles. The van der Waals surface area contributed by atoms with Crippen LogP contribution in [-0.2, 0) is 0 Å². The lowest BCUT2D eigenvalue weighted by molar-refractivity contribution is 0.180. The van der Waals surface area contributed by atoms with Gasteiger partial charge in [-0.05, 0) is 61.9 Å². The van der Waals surface area contributed by atoms with Crippen LogP contribution in [0.25, 0.3) is 16.6 Å². The zero-order chi connectivity index (χ0) is 19.7. The van der Waals surface area contributed by atoms with Gasteiger partial charge in [0.05, 0.1) is 17.4 Å². The minimum atomic E-state index is -0.269. The van der Waals surface area contributed by atoms with E-state index in [2.05, 4.69) is 24.2 Å². The summed E-state index contributed by atoms with van der Waals surface area (Å²) in [7, 11) is 0. The molecule has 28 heavy (non-hydrogen) atoms. The molecule has 1 aromatic heterocycles. The Morgan fingerprint density at radius 2 is 1.82 bits per heavy atom. The lowest BCUT2D eigenvalue weighted by Gasteiger charge is -2.23. The largest absolute Gasteiger partial charge is 0.484 e. The molecule has 0 aliphatic carbocycles. The van der Waals surface area contributed by atoms with E-state index in [1.165, 1.54) is 17.7 Å². The molecular formula is C23H22FN3O. The molecule has 0 saturated heterocycles. The predicted octanol–water partition coefficient (Wildman–Crippen LogP) is 4.94. The third-order valence-electron chi connectivity index (χ3n) is 4.72. The van der Waals surface area contributed by atoms with E-state index in [1.54, 1.807) is 23.0 Å². The third kappa shape index (κ3) is 3.62. The van der Waals surface area contributed by atoms with Crippen LogP contribution in [0.15, 0.2) is 72.9 Å². The van der Waals surface area contributed by atoms with Crippen LogP contribution in [0.5, 0.6) is 5.75 Å². The van der Waals surface area contributed by atoms with Gasteiger partial charge in [0.25, 0.3) is 0 Å². The number of ether oxygens (including phenoxy) is 1. The Balaban J connectivity index is 1.65. The molecule has 4 rings (SSSR count). The van der Waals surface area contributed by atoms with Gasteiger partial charge in [-0.1, -0.05) is 29.8 Å². The Kier molecular flexibility index (Phi) is 4.84. The van der Waals surface area contributed by atoms with E-state index < -0.39 is 0 Å². The van der Waals surface area contributed by atoms with Crippen LogP contribution >= 0.6 is 0 Å². The summed E-state index contributed by atoms with van der Waals surface area (Å²) >= 11 is 0. The van der Waals surface area contributed by atoms with Crippen molar-refractivity contribution >= 4 is 10.9 Å². The molecule has 2 N–H and O–H groups in total. The van der Waals surface area contributed by atoms with Crippen molar-refractivity contribution < 1.29 is 9.13 Å². The highest BCUT2D eigenvalue weighted by atomic mass is 19.1. The smallest absolute Gasteiger partial charge is 0.138 e. The molecule has 0 amide bonds. The van der Waals surface area contributed by atoms with E-state index in [1.807, 2.05) is 37.3 Å². The standard InChI is InChI=1S/C23H22FN3O/c1-15-4-3-5-17(12-15)23(16(2)25)28-21-10-11-22-18(13-21)14-26-27(22)20-8-6-19(24)7-9-20/h3-14,16,23H,25H2,1-2H3/t16-,23-/m0/s1. The van der Waals surface area contributed by atoms with E-state index in [0.717, 1.165) is 27.9 Å². The van der Waals surface area contributed by atoms with Gasteiger partial charge in [-0.3, -0.25) is 0 Å². The van der Waals surface area contributed by atoms with Crippen molar-refractivity contribution in [2.24, 2.45) is 5.73 Å². The minimum absolute atomic E-state index is 0.167. The SMILES string of the molecule is Cc1cccc([C@@H](Oc2ccc3c(cnn3-c3ccc(F)cc3)c2)[C@H](C)N)c1. The van der Waals surface area contributed by atoms with Gasteiger partial charge in [0, 0.05) is 11.4 Å². The molecule has 0 bridgehead atoms. The number of nitrogens with two attached hydrogens (primary N) is 1. The lowest BCUT2D eigenvalue weighted by atomic mass is 10.0. The van der Waals surface area contributed by atoms with E-state index >= 15 is 0 Å². The fraction of sp³-hybridized carbons (Fsp3) is 0.174. The number of fused-ring (bicyclic) bond motifs is 1. The highest BCUT2D eigenvalue weighted by Gasteiger charge is 2.19. The number of aryl methyl sites for hydroxylation is 1. The molecule has 4 aromatic rings. The third-order valence-corrected chi connectivity index (χ3v) is 4.72. The summed E-state index contributed by atoms with van der Waals surface area (Å²) in [5.41, 5.74) is 10.1. The van der Waals surface area contributed by atoms with Gasteiger partial charge in [-0.15, -0.1) is 0 Å². The summed E-state index contributed by atoms with van der Waals surface area (Å²) in [6.45, 7) is 4.00. The Hall–Kier alpha value is -3.18. The maximum atomic E-state index is 13.2. The second-order valence-corrected chi connectivity index (χ2v) is 7.07. The van der Waals surface area contributed by atoms with Crippen LogP contribution in [0.1, 0.15) is 24.2 Å². The molecule has 0 fully saturated rings. The normalized spacial score (nSPS) is 13.4. The van der Waals surface area contributed by atoms with Crippen LogP contribution < -0.4 is 10.5 Å². The summed E-state index contributed by atoms with van der Waals surface area (Å²) in [4.78, 5) is 0. The topological polar surface area (TPSA) is 53.1 Å². The Bertz CT molecular complexity index is 1100. The van der Waals surface area contributed by atoms with Crippen molar-refractivity contribution in [2.75, 3.05) is 0 Å². The Morgan fingerprint density at radius 1 is 1.04 bits per heavy atom. The number of rotatable bonds is 5. The van der Waals surface area contributed by atoms with Crippen molar-refractivity contribution in [3.63, 3.8) is 0 Å². The number of aromatic nitrogens is 2. The first-order valence-electron chi connectivity index (χ1n) is 9.24. The van der Waals surface area contributed by atoms with E-state index in [4.69, 9.17) is 10.5 Å². The molecule has 4 nitrogen and oxygen atoms in total. The number of benzene rings is 3. The summed E-state index contributed by atoms with van der Waals surface area (Å²) in [6, 6.07) is 20.1. The van der Waals surface area contributed by atoms with Gasteiger partial charge < -0.3 is 10.5 Å². The fourth-order valence-electron chi connectivity index (χ4n) is 3.35. The van der Waals surface area contributed by atoms with E-state index in [9.17, 15) is 4.39 Å². The zero-order valence-electron chi connectivity index (χ0n) is 15.8. The summed E-state index contributed by atoms with van der Waals surface area (Å²) in [5, 5.41) is 5.37. The fourth-order valence-corrected chi connectivity index (χ4v) is 3.35. The van der Waals surface area contributed by atoms with E-state index in [-0.39, 0.29) is 18.0 Å². The van der Waals surface area contributed by atoms with Gasteiger partial charge in [0.2, 0.25) is 0 Å². The minimum Gasteiger partial charge on any atom is -0.484 e. The molecule has 5 heteroatoms. The van der Waals surface area contributed by atoms with Gasteiger partial charge in [0.15, 0.2) is 0 Å². The predicted molar refractivity (Wildman–Crippen MR) is 109 cm³/mol. The van der Waals surface area contributed by atoms with E-state index in [0.29, 0.717) is 0 Å². The molecule has 142 valence electrons. The van der Waals surface area contributed by atoms with Crippen molar-refractivity contribution in [1.29, 1.82) is 0 Å². The summed E-state index contributed by atoms with van der Waals surface area (Å²) in [5.74, 6) is 0.462. The molecule has 0 radical (unpaired) electrons. The Labute approximate surface area is 163 Å². The average molecular weight is 375 g/mol. The molecule has 0 unspecified atom stereocenters. The van der Waals surface area contributed by atoms with Gasteiger partial charge >= 0.3 is 0 Å². The second kappa shape index (κ2) is 7.44. The highest BCUT2D eigenvalue weighted by molar-refractivity contribution is 5.81. The maximum Gasteiger partial charge on any atom is 0.138 e. The lowest BCUT2D eigenvalue weighted by Crippen LogP contribution is -2.29.